The van der Waals surface area contributed by atoms with Gasteiger partial charge in [0, 0.05) is 16.0 Å². The van der Waals surface area contributed by atoms with Crippen LogP contribution >= 0.6 is 23.2 Å². The fraction of sp³-hybridized carbons (Fsp3) is 0.267. The average molecular weight is 365 g/mol. The molecule has 24 heavy (non-hydrogen) atoms. The summed E-state index contributed by atoms with van der Waals surface area (Å²) in [4.78, 5) is 12.7. The smallest absolute Gasteiger partial charge is 0.265 e. The molecule has 0 radical (unpaired) electrons. The van der Waals surface area contributed by atoms with Gasteiger partial charge in [0.2, 0.25) is 0 Å². The summed E-state index contributed by atoms with van der Waals surface area (Å²) in [5, 5.41) is 17.2. The van der Waals surface area contributed by atoms with Gasteiger partial charge in [0.25, 0.3) is 11.3 Å². The average Bonchev–Trinajstić information content (AvgIpc) is 2.94. The molecule has 3 rings (SSSR count). The summed E-state index contributed by atoms with van der Waals surface area (Å²) < 4.78 is 2.58. The lowest BCUT2D eigenvalue weighted by molar-refractivity contribution is 0.529. The zero-order chi connectivity index (χ0) is 17.5. The van der Waals surface area contributed by atoms with Crippen molar-refractivity contribution in [3.63, 3.8) is 0 Å². The van der Waals surface area contributed by atoms with E-state index in [2.05, 4.69) is 20.4 Å². The first-order chi connectivity index (χ1) is 11.3. The molecular formula is C15H14Cl2N6O. The minimum Gasteiger partial charge on any atom is -0.265 e. The molecule has 1 aromatic carbocycles. The number of aromatic nitrogens is 5. The quantitative estimate of drug-likeness (QED) is 0.655. The van der Waals surface area contributed by atoms with Crippen molar-refractivity contribution in [2.75, 3.05) is 0 Å². The van der Waals surface area contributed by atoms with E-state index in [-0.39, 0.29) is 11.3 Å². The van der Waals surface area contributed by atoms with Gasteiger partial charge >= 0.3 is 0 Å². The fourth-order valence-electron chi connectivity index (χ4n) is 2.08. The van der Waals surface area contributed by atoms with Gasteiger partial charge in [-0.05, 0) is 12.1 Å². The van der Waals surface area contributed by atoms with Crippen LogP contribution in [0.4, 0.5) is 0 Å². The van der Waals surface area contributed by atoms with Crippen LogP contribution in [0.3, 0.4) is 0 Å². The Morgan fingerprint density at radius 1 is 1.25 bits per heavy atom. The molecule has 0 fully saturated rings. The van der Waals surface area contributed by atoms with Gasteiger partial charge in [0.1, 0.15) is 12.0 Å². The van der Waals surface area contributed by atoms with Crippen LogP contribution in [0.2, 0.25) is 10.0 Å². The highest BCUT2D eigenvalue weighted by atomic mass is 35.5. The van der Waals surface area contributed by atoms with Gasteiger partial charge in [-0.15, -0.1) is 10.2 Å². The number of fused-ring (bicyclic) bond motifs is 1. The van der Waals surface area contributed by atoms with Gasteiger partial charge in [-0.1, -0.05) is 50.0 Å². The maximum Gasteiger partial charge on any atom is 0.298 e. The van der Waals surface area contributed by atoms with Gasteiger partial charge in [0.15, 0.2) is 0 Å². The van der Waals surface area contributed by atoms with Crippen LogP contribution in [0.5, 0.6) is 0 Å². The van der Waals surface area contributed by atoms with E-state index in [0.717, 1.165) is 4.68 Å². The van der Waals surface area contributed by atoms with Crippen LogP contribution in [0.25, 0.3) is 5.78 Å². The van der Waals surface area contributed by atoms with Crippen molar-refractivity contribution < 1.29 is 0 Å². The molecular weight excluding hydrogens is 351 g/mol. The molecule has 0 aliphatic rings. The molecule has 0 amide bonds. The molecule has 0 saturated heterocycles. The van der Waals surface area contributed by atoms with Crippen LogP contribution in [0.1, 0.15) is 32.0 Å². The van der Waals surface area contributed by atoms with Crippen molar-refractivity contribution in [3.05, 3.63) is 56.2 Å². The highest BCUT2D eigenvalue weighted by Gasteiger charge is 2.23. The van der Waals surface area contributed by atoms with E-state index in [1.54, 1.807) is 18.2 Å². The maximum absolute atomic E-state index is 12.7. The Hall–Kier alpha value is -2.25. The summed E-state index contributed by atoms with van der Waals surface area (Å²) in [7, 11) is 0. The maximum atomic E-state index is 12.7. The summed E-state index contributed by atoms with van der Waals surface area (Å²) in [6.07, 6.45) is 2.90. The standard InChI is InChI=1S/C15H14Cl2N6O/c1-15(2,3)12-13(24)23(14-20-18-8-22(14)21-12)19-7-9-4-5-10(16)6-11(9)17/h4-8H,1-3H3/b19-7+. The predicted octanol–water partition coefficient (Wildman–Crippen LogP) is 2.77. The van der Waals surface area contributed by atoms with Gasteiger partial charge in [-0.2, -0.15) is 19.4 Å². The van der Waals surface area contributed by atoms with Crippen molar-refractivity contribution in [3.8, 4) is 0 Å². The Balaban J connectivity index is 2.18. The first kappa shape index (κ1) is 16.6. The number of halogens is 2. The van der Waals surface area contributed by atoms with Crippen LogP contribution in [0.15, 0.2) is 34.4 Å². The van der Waals surface area contributed by atoms with Crippen LogP contribution < -0.4 is 5.56 Å². The Morgan fingerprint density at radius 3 is 2.67 bits per heavy atom. The van der Waals surface area contributed by atoms with Crippen LogP contribution in [0, 0.1) is 0 Å². The largest absolute Gasteiger partial charge is 0.298 e. The normalized spacial score (nSPS) is 12.4. The third-order valence-corrected chi connectivity index (χ3v) is 3.85. The third kappa shape index (κ3) is 3.05. The zero-order valence-corrected chi connectivity index (χ0v) is 14.7. The lowest BCUT2D eigenvalue weighted by Gasteiger charge is -2.16. The summed E-state index contributed by atoms with van der Waals surface area (Å²) in [5.74, 6) is 0.217. The SMILES string of the molecule is CC(C)(C)c1nn2cnnc2n(/N=C/c2ccc(Cl)cc2Cl)c1=O. The highest BCUT2D eigenvalue weighted by Crippen LogP contribution is 2.20. The monoisotopic (exact) mass is 364 g/mol. The molecule has 124 valence electrons. The molecule has 0 aliphatic heterocycles. The first-order valence-corrected chi connectivity index (χ1v) is 7.86. The van der Waals surface area contributed by atoms with E-state index in [1.165, 1.54) is 17.1 Å². The number of rotatable bonds is 2. The van der Waals surface area contributed by atoms with E-state index < -0.39 is 5.41 Å². The lowest BCUT2D eigenvalue weighted by atomic mass is 9.93. The Bertz CT molecular complexity index is 999. The molecule has 0 N–H and O–H groups in total. The Labute approximate surface area is 147 Å². The van der Waals surface area contributed by atoms with Crippen LogP contribution in [-0.4, -0.2) is 30.7 Å². The zero-order valence-electron chi connectivity index (χ0n) is 13.2. The molecule has 0 unspecified atom stereocenters. The lowest BCUT2D eigenvalue weighted by Crippen LogP contribution is -2.33. The predicted molar refractivity (Wildman–Crippen MR) is 93.2 cm³/mol. The summed E-state index contributed by atoms with van der Waals surface area (Å²) in [6.45, 7) is 5.70. The highest BCUT2D eigenvalue weighted by molar-refractivity contribution is 6.36. The van der Waals surface area contributed by atoms with E-state index >= 15 is 0 Å². The van der Waals surface area contributed by atoms with Crippen molar-refractivity contribution in [1.29, 1.82) is 0 Å². The molecule has 0 atom stereocenters. The second-order valence-corrected chi connectivity index (χ2v) is 7.05. The van der Waals surface area contributed by atoms with Crippen molar-refractivity contribution in [2.24, 2.45) is 5.10 Å². The summed E-state index contributed by atoms with van der Waals surface area (Å²) in [5.41, 5.74) is 0.170. The van der Waals surface area contributed by atoms with Crippen LogP contribution in [-0.2, 0) is 5.41 Å². The molecule has 0 aliphatic carbocycles. The molecule has 0 spiro atoms. The van der Waals surface area contributed by atoms with Gasteiger partial charge in [-0.3, -0.25) is 4.79 Å². The second-order valence-electron chi connectivity index (χ2n) is 6.20. The molecule has 0 saturated carbocycles. The Kier molecular flexibility index (Phi) is 4.15. The summed E-state index contributed by atoms with van der Waals surface area (Å²) in [6, 6.07) is 5.01. The number of nitrogens with zero attached hydrogens (tertiary/aromatic N) is 6. The number of benzene rings is 1. The minimum absolute atomic E-state index is 0.217. The molecule has 3 aromatic rings. The van der Waals surface area contributed by atoms with Crippen molar-refractivity contribution >= 4 is 35.2 Å². The Morgan fingerprint density at radius 2 is 2.00 bits per heavy atom. The van der Waals surface area contributed by atoms with E-state index in [1.807, 2.05) is 20.8 Å². The van der Waals surface area contributed by atoms with Crippen molar-refractivity contribution in [1.82, 2.24) is 24.5 Å². The molecule has 2 aromatic heterocycles. The van der Waals surface area contributed by atoms with E-state index in [9.17, 15) is 4.79 Å². The molecule has 0 bridgehead atoms. The fourth-order valence-corrected chi connectivity index (χ4v) is 2.53. The van der Waals surface area contributed by atoms with E-state index in [0.29, 0.717) is 21.3 Å². The molecule has 7 nitrogen and oxygen atoms in total. The topological polar surface area (TPSA) is 77.4 Å². The van der Waals surface area contributed by atoms with Gasteiger partial charge in [-0.25, -0.2) is 0 Å². The second kappa shape index (κ2) is 5.99. The van der Waals surface area contributed by atoms with Gasteiger partial charge in [0.05, 0.1) is 11.2 Å². The number of hydrogen-bond donors (Lipinski definition) is 0. The van der Waals surface area contributed by atoms with Crippen molar-refractivity contribution in [2.45, 2.75) is 26.2 Å². The third-order valence-electron chi connectivity index (χ3n) is 3.29. The van der Waals surface area contributed by atoms with Gasteiger partial charge < -0.3 is 0 Å². The first-order valence-electron chi connectivity index (χ1n) is 7.10. The summed E-state index contributed by atoms with van der Waals surface area (Å²) >= 11 is 12.0. The number of hydrogen-bond acceptors (Lipinski definition) is 5. The minimum atomic E-state index is -0.454. The molecule has 2 heterocycles. The molecule has 9 heteroatoms. The van der Waals surface area contributed by atoms with E-state index in [4.69, 9.17) is 23.2 Å².